The van der Waals surface area contributed by atoms with E-state index in [4.69, 9.17) is 13.9 Å². The van der Waals surface area contributed by atoms with Gasteiger partial charge in [0.15, 0.2) is 8.32 Å². The average Bonchev–Trinajstić information content (AvgIpc) is 2.10. The molecule has 0 rings (SSSR count). The molecule has 0 aliphatic rings. The van der Waals surface area contributed by atoms with Gasteiger partial charge in [0, 0.05) is 14.2 Å². The summed E-state index contributed by atoms with van der Waals surface area (Å²) in [6, 6.07) is 0. The van der Waals surface area contributed by atoms with Gasteiger partial charge in [0.25, 0.3) is 0 Å². The molecular formula is C11H26O3Si. The summed E-state index contributed by atoms with van der Waals surface area (Å²) in [5.41, 5.74) is 0. The summed E-state index contributed by atoms with van der Waals surface area (Å²) in [6.07, 6.45) is 0.0455. The molecule has 0 spiro atoms. The Morgan fingerprint density at radius 1 is 1.07 bits per heavy atom. The van der Waals surface area contributed by atoms with Gasteiger partial charge in [0.1, 0.15) is 6.10 Å². The molecule has 1 atom stereocenters. The van der Waals surface area contributed by atoms with E-state index in [0.717, 1.165) is 0 Å². The highest BCUT2D eigenvalue weighted by Crippen LogP contribution is 2.36. The fourth-order valence-electron chi connectivity index (χ4n) is 0.888. The van der Waals surface area contributed by atoms with Gasteiger partial charge in [0.2, 0.25) is 0 Å². The van der Waals surface area contributed by atoms with Crippen LogP contribution in [0, 0.1) is 0 Å². The van der Waals surface area contributed by atoms with Crippen LogP contribution in [0.2, 0.25) is 18.1 Å². The molecule has 0 bridgehead atoms. The average molecular weight is 234 g/mol. The van der Waals surface area contributed by atoms with E-state index in [1.807, 2.05) is 0 Å². The summed E-state index contributed by atoms with van der Waals surface area (Å²) in [6.45, 7) is 12.4. The summed E-state index contributed by atoms with van der Waals surface area (Å²) in [7, 11) is 1.72. The largest absolute Gasteiger partial charge is 0.414 e. The minimum absolute atomic E-state index is 0.0455. The first-order chi connectivity index (χ1) is 6.74. The van der Waals surface area contributed by atoms with E-state index in [1.165, 1.54) is 0 Å². The Labute approximate surface area is 95.2 Å². The molecule has 0 fully saturated rings. The van der Waals surface area contributed by atoms with Crippen molar-refractivity contribution in [3.63, 3.8) is 0 Å². The van der Waals surface area contributed by atoms with Gasteiger partial charge < -0.3 is 13.9 Å². The van der Waals surface area contributed by atoms with E-state index in [2.05, 4.69) is 33.9 Å². The maximum atomic E-state index is 6.03. The van der Waals surface area contributed by atoms with Gasteiger partial charge in [-0.25, -0.2) is 0 Å². The lowest BCUT2D eigenvalue weighted by Crippen LogP contribution is -2.43. The molecule has 15 heavy (non-hydrogen) atoms. The molecule has 0 saturated carbocycles. The zero-order chi connectivity index (χ0) is 12.1. The van der Waals surface area contributed by atoms with Crippen LogP contribution in [-0.4, -0.2) is 41.9 Å². The Morgan fingerprint density at radius 2 is 1.60 bits per heavy atom. The summed E-state index contributed by atoms with van der Waals surface area (Å²) in [5, 5.41) is 0.248. The van der Waals surface area contributed by atoms with E-state index < -0.39 is 8.32 Å². The van der Waals surface area contributed by atoms with Crippen molar-refractivity contribution >= 4 is 8.32 Å². The number of hydrogen-bond donors (Lipinski definition) is 0. The van der Waals surface area contributed by atoms with Crippen LogP contribution < -0.4 is 0 Å². The standard InChI is InChI=1S/C11H26O3Si/c1-11(2,3)15(6,7)14-9-10(13-5)8-12-4/h10H,8-9H2,1-7H3. The van der Waals surface area contributed by atoms with E-state index in [9.17, 15) is 0 Å². The van der Waals surface area contributed by atoms with Gasteiger partial charge in [-0.3, -0.25) is 0 Å². The summed E-state index contributed by atoms with van der Waals surface area (Å²) >= 11 is 0. The minimum Gasteiger partial charge on any atom is -0.414 e. The lowest BCUT2D eigenvalue weighted by atomic mass is 10.2. The van der Waals surface area contributed by atoms with Crippen LogP contribution in [0.25, 0.3) is 0 Å². The zero-order valence-electron chi connectivity index (χ0n) is 11.2. The van der Waals surface area contributed by atoms with E-state index in [-0.39, 0.29) is 11.1 Å². The van der Waals surface area contributed by atoms with Crippen molar-refractivity contribution in [1.82, 2.24) is 0 Å². The first-order valence-corrected chi connectivity index (χ1v) is 8.31. The van der Waals surface area contributed by atoms with Crippen LogP contribution in [0.5, 0.6) is 0 Å². The van der Waals surface area contributed by atoms with Crippen molar-refractivity contribution in [3.05, 3.63) is 0 Å². The van der Waals surface area contributed by atoms with Crippen LogP contribution in [0.4, 0.5) is 0 Å². The highest BCUT2D eigenvalue weighted by molar-refractivity contribution is 6.74. The Morgan fingerprint density at radius 3 is 1.93 bits per heavy atom. The third kappa shape index (κ3) is 5.11. The molecule has 92 valence electrons. The highest BCUT2D eigenvalue weighted by atomic mass is 28.4. The van der Waals surface area contributed by atoms with Crippen LogP contribution >= 0.6 is 0 Å². The minimum atomic E-state index is -1.65. The van der Waals surface area contributed by atoms with Crippen LogP contribution in [0.15, 0.2) is 0 Å². The summed E-state index contributed by atoms with van der Waals surface area (Å²) in [5.74, 6) is 0. The van der Waals surface area contributed by atoms with Gasteiger partial charge >= 0.3 is 0 Å². The van der Waals surface area contributed by atoms with Crippen molar-refractivity contribution < 1.29 is 13.9 Å². The molecule has 0 aromatic heterocycles. The summed E-state index contributed by atoms with van der Waals surface area (Å²) < 4.78 is 16.4. The number of methoxy groups -OCH3 is 2. The normalized spacial score (nSPS) is 15.4. The molecule has 0 amide bonds. The highest BCUT2D eigenvalue weighted by Gasteiger charge is 2.37. The first kappa shape index (κ1) is 15.1. The molecule has 0 aliphatic heterocycles. The van der Waals surface area contributed by atoms with Gasteiger partial charge in [0.05, 0.1) is 13.2 Å². The molecule has 0 N–H and O–H groups in total. The number of ether oxygens (including phenoxy) is 2. The smallest absolute Gasteiger partial charge is 0.192 e. The molecule has 0 heterocycles. The second kappa shape index (κ2) is 5.99. The van der Waals surface area contributed by atoms with Crippen molar-refractivity contribution in [2.24, 2.45) is 0 Å². The fourth-order valence-corrected chi connectivity index (χ4v) is 1.92. The van der Waals surface area contributed by atoms with E-state index >= 15 is 0 Å². The lowest BCUT2D eigenvalue weighted by molar-refractivity contribution is -0.00222. The number of hydrogen-bond acceptors (Lipinski definition) is 3. The monoisotopic (exact) mass is 234 g/mol. The second-order valence-corrected chi connectivity index (χ2v) is 10.2. The quantitative estimate of drug-likeness (QED) is 0.661. The second-order valence-electron chi connectivity index (χ2n) is 5.38. The lowest BCUT2D eigenvalue weighted by Gasteiger charge is -2.37. The van der Waals surface area contributed by atoms with Crippen LogP contribution in [0.3, 0.4) is 0 Å². The van der Waals surface area contributed by atoms with E-state index in [1.54, 1.807) is 14.2 Å². The third-order valence-corrected chi connectivity index (χ3v) is 7.62. The third-order valence-electron chi connectivity index (χ3n) is 3.12. The maximum Gasteiger partial charge on any atom is 0.192 e. The predicted molar refractivity (Wildman–Crippen MR) is 65.8 cm³/mol. The topological polar surface area (TPSA) is 27.7 Å². The van der Waals surface area contributed by atoms with Crippen molar-refractivity contribution in [1.29, 1.82) is 0 Å². The van der Waals surface area contributed by atoms with Gasteiger partial charge in [-0.1, -0.05) is 20.8 Å². The molecule has 0 aromatic carbocycles. The molecule has 0 radical (unpaired) electrons. The number of rotatable bonds is 6. The Bertz CT molecular complexity index is 175. The zero-order valence-corrected chi connectivity index (χ0v) is 12.2. The Balaban J connectivity index is 4.12. The van der Waals surface area contributed by atoms with Crippen molar-refractivity contribution in [2.75, 3.05) is 27.4 Å². The van der Waals surface area contributed by atoms with Crippen molar-refractivity contribution in [3.8, 4) is 0 Å². The Hall–Kier alpha value is 0.0969. The molecule has 3 nitrogen and oxygen atoms in total. The van der Waals surface area contributed by atoms with Gasteiger partial charge in [-0.05, 0) is 18.1 Å². The fraction of sp³-hybridized carbons (Fsp3) is 1.00. The maximum absolute atomic E-state index is 6.03. The van der Waals surface area contributed by atoms with E-state index in [0.29, 0.717) is 13.2 Å². The molecule has 1 unspecified atom stereocenters. The van der Waals surface area contributed by atoms with Gasteiger partial charge in [-0.2, -0.15) is 0 Å². The van der Waals surface area contributed by atoms with Crippen molar-refractivity contribution in [2.45, 2.75) is 45.0 Å². The molecule has 0 saturated heterocycles. The predicted octanol–water partition coefficient (Wildman–Crippen LogP) is 2.67. The van der Waals surface area contributed by atoms with Crippen LogP contribution in [0.1, 0.15) is 20.8 Å². The molecule has 0 aliphatic carbocycles. The van der Waals surface area contributed by atoms with Crippen LogP contribution in [-0.2, 0) is 13.9 Å². The SMILES string of the molecule is COCC(CO[Si](C)(C)C(C)(C)C)OC. The Kier molecular flexibility index (Phi) is 6.03. The molecule has 0 aromatic rings. The summed E-state index contributed by atoms with van der Waals surface area (Å²) in [4.78, 5) is 0. The first-order valence-electron chi connectivity index (χ1n) is 5.40. The molecule has 4 heteroatoms. The molecular weight excluding hydrogens is 208 g/mol. The van der Waals surface area contributed by atoms with Gasteiger partial charge in [-0.15, -0.1) is 0 Å².